The second-order valence-electron chi connectivity index (χ2n) is 12.4. The topological polar surface area (TPSA) is 237 Å². The third kappa shape index (κ3) is 25.0. The number of rotatable bonds is 23. The molecule has 0 aromatic carbocycles. The van der Waals surface area contributed by atoms with E-state index in [1.165, 1.54) is 0 Å². The van der Waals surface area contributed by atoms with Gasteiger partial charge in [0.05, 0.1) is 32.8 Å². The first-order valence-corrected chi connectivity index (χ1v) is 15.4. The summed E-state index contributed by atoms with van der Waals surface area (Å²) < 4.78 is 21.1. The lowest BCUT2D eigenvalue weighted by atomic mass is 10.1. The maximum absolute atomic E-state index is 13.0. The number of ether oxygens (including phenoxy) is 4. The molecule has 0 spiro atoms. The predicted molar refractivity (Wildman–Crippen MR) is 168 cm³/mol. The molecule has 0 aliphatic carbocycles. The van der Waals surface area contributed by atoms with Crippen molar-refractivity contribution in [2.75, 3.05) is 53.1 Å². The number of carbonyl (C=O) groups excluding carboxylic acids is 6. The molecule has 6 N–H and O–H groups in total. The summed E-state index contributed by atoms with van der Waals surface area (Å²) in [6, 6.07) is -2.48. The van der Waals surface area contributed by atoms with Crippen LogP contribution in [-0.2, 0) is 52.5 Å². The lowest BCUT2D eigenvalue weighted by Gasteiger charge is -2.22. The van der Waals surface area contributed by atoms with E-state index in [4.69, 9.17) is 24.1 Å². The van der Waals surface area contributed by atoms with E-state index in [9.17, 15) is 33.6 Å². The first-order chi connectivity index (χ1) is 21.8. The summed E-state index contributed by atoms with van der Waals surface area (Å²) in [4.78, 5) is 86.2. The van der Waals surface area contributed by atoms with Gasteiger partial charge in [0.1, 0.15) is 29.9 Å². The van der Waals surface area contributed by atoms with Gasteiger partial charge in [-0.2, -0.15) is 0 Å². The molecule has 4 amide bonds. The highest BCUT2D eigenvalue weighted by Gasteiger charge is 2.27. The van der Waals surface area contributed by atoms with Gasteiger partial charge in [0.15, 0.2) is 0 Å². The Hall–Kier alpha value is -3.83. The van der Waals surface area contributed by atoms with Crippen molar-refractivity contribution >= 4 is 41.5 Å². The van der Waals surface area contributed by atoms with Crippen LogP contribution in [0.3, 0.4) is 0 Å². The van der Waals surface area contributed by atoms with E-state index in [-0.39, 0.29) is 58.5 Å². The van der Waals surface area contributed by atoms with Crippen molar-refractivity contribution in [3.8, 4) is 0 Å². The summed E-state index contributed by atoms with van der Waals surface area (Å²) in [6.45, 7) is 10.3. The van der Waals surface area contributed by atoms with Gasteiger partial charge < -0.3 is 50.6 Å². The van der Waals surface area contributed by atoms with E-state index in [0.717, 1.165) is 0 Å². The van der Waals surface area contributed by atoms with E-state index < -0.39 is 71.4 Å². The van der Waals surface area contributed by atoms with Gasteiger partial charge in [-0.1, -0.05) is 0 Å². The molecule has 1 unspecified atom stereocenters. The SMILES string of the molecule is CNCCOCCOCC(=O)N[C@H](CCC(=O)OC(C)(C)C)C(=O)NCC(=O)NC(CCC(=O)OC(C)(C)C)C(=O)NCCC(=O)O. The van der Waals surface area contributed by atoms with Crippen molar-refractivity contribution in [1.82, 2.24) is 26.6 Å². The van der Waals surface area contributed by atoms with Gasteiger partial charge in [-0.15, -0.1) is 0 Å². The number of esters is 2. The Morgan fingerprint density at radius 2 is 1.13 bits per heavy atom. The highest BCUT2D eigenvalue weighted by Crippen LogP contribution is 2.11. The van der Waals surface area contributed by atoms with Crippen LogP contribution < -0.4 is 26.6 Å². The average molecular weight is 676 g/mol. The largest absolute Gasteiger partial charge is 0.481 e. The average Bonchev–Trinajstić information content (AvgIpc) is 2.93. The summed E-state index contributed by atoms with van der Waals surface area (Å²) in [7, 11) is 1.78. The van der Waals surface area contributed by atoms with Gasteiger partial charge in [0, 0.05) is 25.9 Å². The van der Waals surface area contributed by atoms with Crippen molar-refractivity contribution in [3.63, 3.8) is 0 Å². The Morgan fingerprint density at radius 1 is 0.638 bits per heavy atom. The van der Waals surface area contributed by atoms with Crippen LogP contribution in [0.5, 0.6) is 0 Å². The van der Waals surface area contributed by atoms with E-state index in [1.54, 1.807) is 48.6 Å². The zero-order valence-corrected chi connectivity index (χ0v) is 28.6. The molecule has 17 heteroatoms. The molecule has 0 bridgehead atoms. The molecule has 0 radical (unpaired) electrons. The molecule has 2 atom stereocenters. The summed E-state index contributed by atoms with van der Waals surface area (Å²) in [5.74, 6) is -5.32. The highest BCUT2D eigenvalue weighted by atomic mass is 16.6. The van der Waals surface area contributed by atoms with Crippen LogP contribution in [0.4, 0.5) is 0 Å². The molecule has 270 valence electrons. The minimum Gasteiger partial charge on any atom is -0.481 e. The molecule has 0 fully saturated rings. The number of carboxylic acids is 1. The normalized spacial score (nSPS) is 12.7. The maximum atomic E-state index is 13.0. The van der Waals surface area contributed by atoms with Crippen LogP contribution >= 0.6 is 0 Å². The first kappa shape index (κ1) is 43.2. The summed E-state index contributed by atoms with van der Waals surface area (Å²) in [5, 5.41) is 21.4. The Bertz CT molecular complexity index is 1040. The Kier molecular flexibility index (Phi) is 20.8. The van der Waals surface area contributed by atoms with Crippen LogP contribution in [-0.4, -0.2) is 123 Å². The number of hydrogen-bond donors (Lipinski definition) is 6. The fourth-order valence-corrected chi connectivity index (χ4v) is 3.59. The van der Waals surface area contributed by atoms with E-state index in [0.29, 0.717) is 13.2 Å². The molecule has 0 aliphatic rings. The number of amides is 4. The summed E-state index contributed by atoms with van der Waals surface area (Å²) in [6.07, 6.45) is -1.12. The van der Waals surface area contributed by atoms with Crippen molar-refractivity contribution in [3.05, 3.63) is 0 Å². The summed E-state index contributed by atoms with van der Waals surface area (Å²) >= 11 is 0. The zero-order chi connectivity index (χ0) is 36.0. The Labute approximate surface area is 275 Å². The second-order valence-corrected chi connectivity index (χ2v) is 12.4. The first-order valence-electron chi connectivity index (χ1n) is 15.4. The molecule has 0 rings (SSSR count). The molecule has 0 aromatic rings. The van der Waals surface area contributed by atoms with Crippen molar-refractivity contribution < 1.29 is 57.6 Å². The van der Waals surface area contributed by atoms with Crippen molar-refractivity contribution in [2.24, 2.45) is 0 Å². The number of hydrogen-bond acceptors (Lipinski definition) is 12. The quantitative estimate of drug-likeness (QED) is 0.0573. The fourth-order valence-electron chi connectivity index (χ4n) is 3.59. The lowest BCUT2D eigenvalue weighted by molar-refractivity contribution is -0.156. The lowest BCUT2D eigenvalue weighted by Crippen LogP contribution is -2.52. The van der Waals surface area contributed by atoms with Gasteiger partial charge in [-0.25, -0.2) is 0 Å². The number of nitrogens with one attached hydrogen (secondary N) is 5. The fraction of sp³-hybridized carbons (Fsp3) is 0.767. The Morgan fingerprint density at radius 3 is 1.62 bits per heavy atom. The van der Waals surface area contributed by atoms with E-state index in [2.05, 4.69) is 26.6 Å². The zero-order valence-electron chi connectivity index (χ0n) is 28.6. The second kappa shape index (κ2) is 22.7. The maximum Gasteiger partial charge on any atom is 0.306 e. The molecule has 0 saturated heterocycles. The number of likely N-dealkylation sites (N-methyl/N-ethyl adjacent to an activating group) is 1. The molecular formula is C30H53N5O12. The van der Waals surface area contributed by atoms with Gasteiger partial charge in [-0.05, 0) is 61.4 Å². The monoisotopic (exact) mass is 675 g/mol. The number of aliphatic carboxylic acids is 1. The van der Waals surface area contributed by atoms with Gasteiger partial charge in [0.2, 0.25) is 23.6 Å². The van der Waals surface area contributed by atoms with Gasteiger partial charge in [-0.3, -0.25) is 33.6 Å². The van der Waals surface area contributed by atoms with Crippen LogP contribution in [0.15, 0.2) is 0 Å². The molecule has 0 aromatic heterocycles. The van der Waals surface area contributed by atoms with Crippen LogP contribution in [0.2, 0.25) is 0 Å². The molecule has 47 heavy (non-hydrogen) atoms. The molecular weight excluding hydrogens is 622 g/mol. The van der Waals surface area contributed by atoms with Crippen molar-refractivity contribution in [2.45, 2.75) is 96.9 Å². The van der Waals surface area contributed by atoms with Crippen LogP contribution in [0, 0.1) is 0 Å². The number of carbonyl (C=O) groups is 7. The smallest absolute Gasteiger partial charge is 0.306 e. The summed E-state index contributed by atoms with van der Waals surface area (Å²) in [5.41, 5.74) is -1.54. The predicted octanol–water partition coefficient (Wildman–Crippen LogP) is -0.840. The minimum absolute atomic E-state index is 0.130. The molecule has 17 nitrogen and oxygen atoms in total. The molecule has 0 saturated carbocycles. The standard InChI is InChI=1S/C30H53N5O12/c1-29(2,3)46-25(40)10-8-20(27(42)32-13-12-24(38)39)34-22(36)18-33-28(43)21(9-11-26(41)47-30(4,5)6)35-23(37)19-45-17-16-44-15-14-31-7/h20-21,31H,8-19H2,1-7H3,(H,32,42)(H,33,43)(H,34,36)(H,35,37)(H,38,39)/t20?,21-/m1/s1. The third-order valence-corrected chi connectivity index (χ3v) is 5.58. The number of carboxylic acid groups (broad SMARTS) is 1. The van der Waals surface area contributed by atoms with Gasteiger partial charge >= 0.3 is 17.9 Å². The highest BCUT2D eigenvalue weighted by molar-refractivity contribution is 5.93. The Balaban J connectivity index is 5.32. The van der Waals surface area contributed by atoms with Crippen LogP contribution in [0.25, 0.3) is 0 Å². The van der Waals surface area contributed by atoms with Gasteiger partial charge in [0.25, 0.3) is 0 Å². The van der Waals surface area contributed by atoms with Crippen molar-refractivity contribution in [1.29, 1.82) is 0 Å². The minimum atomic E-state index is -1.25. The third-order valence-electron chi connectivity index (χ3n) is 5.58. The molecule has 0 heterocycles. The van der Waals surface area contributed by atoms with E-state index >= 15 is 0 Å². The van der Waals surface area contributed by atoms with E-state index in [1.807, 2.05) is 0 Å². The van der Waals surface area contributed by atoms with Crippen LogP contribution in [0.1, 0.15) is 73.6 Å². The molecule has 0 aliphatic heterocycles.